The Hall–Kier alpha value is -1.31. The third-order valence-electron chi connectivity index (χ3n) is 3.30. The van der Waals surface area contributed by atoms with Crippen LogP contribution in [0.2, 0.25) is 0 Å². The lowest BCUT2D eigenvalue weighted by Gasteiger charge is -2.26. The van der Waals surface area contributed by atoms with Crippen LogP contribution >= 0.6 is 15.9 Å². The van der Waals surface area contributed by atoms with Gasteiger partial charge in [-0.2, -0.15) is 0 Å². The largest absolute Gasteiger partial charge is 0.491 e. The zero-order valence-corrected chi connectivity index (χ0v) is 14.1. The smallest absolute Gasteiger partial charge is 0.314 e. The second-order valence-electron chi connectivity index (χ2n) is 4.92. The summed E-state index contributed by atoms with van der Waals surface area (Å²) in [5, 5.41) is 5.62. The van der Waals surface area contributed by atoms with E-state index in [2.05, 4.69) is 31.5 Å². The van der Waals surface area contributed by atoms with Crippen LogP contribution in [0, 0.1) is 0 Å². The Labute approximate surface area is 139 Å². The number of nitrogens with zero attached hydrogens (tertiary/aromatic N) is 1. The van der Waals surface area contributed by atoms with E-state index in [0.29, 0.717) is 19.7 Å². The van der Waals surface area contributed by atoms with Gasteiger partial charge in [0.1, 0.15) is 12.4 Å². The van der Waals surface area contributed by atoms with Gasteiger partial charge in [0.25, 0.3) is 0 Å². The minimum absolute atomic E-state index is 0.163. The Morgan fingerprint density at radius 2 is 1.95 bits per heavy atom. The molecule has 1 fully saturated rings. The molecule has 22 heavy (non-hydrogen) atoms. The molecule has 1 aliphatic rings. The number of carbonyl (C=O) groups is 1. The first-order valence-corrected chi connectivity index (χ1v) is 8.24. The highest BCUT2D eigenvalue weighted by Crippen LogP contribution is 2.23. The van der Waals surface area contributed by atoms with Gasteiger partial charge in [-0.15, -0.1) is 0 Å². The van der Waals surface area contributed by atoms with Gasteiger partial charge in [0.2, 0.25) is 0 Å². The van der Waals surface area contributed by atoms with Gasteiger partial charge >= 0.3 is 6.03 Å². The van der Waals surface area contributed by atoms with E-state index in [0.717, 1.165) is 43.1 Å². The normalized spacial score (nSPS) is 15.3. The number of carbonyl (C=O) groups excluding carboxylic acids is 1. The molecule has 0 bridgehead atoms. The summed E-state index contributed by atoms with van der Waals surface area (Å²) in [4.78, 5) is 13.9. The molecule has 0 atom stereocenters. The summed E-state index contributed by atoms with van der Waals surface area (Å²) in [5.74, 6) is 0.775. The van der Waals surface area contributed by atoms with Gasteiger partial charge in [-0.1, -0.05) is 12.1 Å². The van der Waals surface area contributed by atoms with E-state index < -0.39 is 0 Å². The molecular formula is C15H22BrN3O3. The lowest BCUT2D eigenvalue weighted by atomic mass is 10.3. The summed E-state index contributed by atoms with van der Waals surface area (Å²) in [6.07, 6.45) is 0. The highest BCUT2D eigenvalue weighted by molar-refractivity contribution is 9.10. The minimum Gasteiger partial charge on any atom is -0.491 e. The van der Waals surface area contributed by atoms with E-state index in [1.54, 1.807) is 0 Å². The van der Waals surface area contributed by atoms with Crippen LogP contribution in [-0.4, -0.2) is 63.5 Å². The molecular weight excluding hydrogens is 350 g/mol. The Balaban J connectivity index is 1.51. The van der Waals surface area contributed by atoms with Crippen LogP contribution in [0.1, 0.15) is 0 Å². The summed E-state index contributed by atoms with van der Waals surface area (Å²) >= 11 is 3.41. The second-order valence-corrected chi connectivity index (χ2v) is 5.77. The molecule has 1 aromatic carbocycles. The number of rotatable bonds is 7. The van der Waals surface area contributed by atoms with Crippen molar-refractivity contribution >= 4 is 22.0 Å². The summed E-state index contributed by atoms with van der Waals surface area (Å²) in [6.45, 7) is 5.80. The Morgan fingerprint density at radius 3 is 2.73 bits per heavy atom. The molecule has 0 spiro atoms. The zero-order valence-electron chi connectivity index (χ0n) is 12.5. The van der Waals surface area contributed by atoms with E-state index in [1.165, 1.54) is 0 Å². The van der Waals surface area contributed by atoms with Crippen LogP contribution in [0.3, 0.4) is 0 Å². The maximum absolute atomic E-state index is 11.6. The summed E-state index contributed by atoms with van der Waals surface area (Å²) in [5.41, 5.74) is 0. The van der Waals surface area contributed by atoms with Crippen LogP contribution in [0.4, 0.5) is 4.79 Å². The quantitative estimate of drug-likeness (QED) is 0.712. The molecule has 2 amide bonds. The lowest BCUT2D eigenvalue weighted by Crippen LogP contribution is -2.44. The van der Waals surface area contributed by atoms with Gasteiger partial charge in [-0.3, -0.25) is 4.90 Å². The van der Waals surface area contributed by atoms with E-state index in [1.807, 2.05) is 24.3 Å². The molecule has 0 aromatic heterocycles. The third-order valence-corrected chi connectivity index (χ3v) is 3.95. The number of ether oxygens (including phenoxy) is 2. The number of amides is 2. The number of nitrogens with one attached hydrogen (secondary N) is 2. The number of hydrogen-bond acceptors (Lipinski definition) is 4. The molecule has 7 heteroatoms. The second kappa shape index (κ2) is 9.66. The first-order valence-electron chi connectivity index (χ1n) is 7.45. The summed E-state index contributed by atoms with van der Waals surface area (Å²) in [6, 6.07) is 7.47. The monoisotopic (exact) mass is 371 g/mol. The number of para-hydroxylation sites is 1. The summed E-state index contributed by atoms with van der Waals surface area (Å²) < 4.78 is 11.8. The molecule has 1 saturated heterocycles. The van der Waals surface area contributed by atoms with Crippen molar-refractivity contribution in [2.45, 2.75) is 0 Å². The van der Waals surface area contributed by atoms with Gasteiger partial charge in [-0.25, -0.2) is 4.79 Å². The topological polar surface area (TPSA) is 62.8 Å². The van der Waals surface area contributed by atoms with E-state index in [-0.39, 0.29) is 6.03 Å². The van der Waals surface area contributed by atoms with Crippen molar-refractivity contribution in [3.63, 3.8) is 0 Å². The SMILES string of the molecule is O=C(NCCOc1ccccc1Br)NCCN1CCOCC1. The summed E-state index contributed by atoms with van der Waals surface area (Å²) in [7, 11) is 0. The van der Waals surface area contributed by atoms with Crippen molar-refractivity contribution in [1.29, 1.82) is 0 Å². The van der Waals surface area contributed by atoms with Crippen molar-refractivity contribution in [2.75, 3.05) is 52.5 Å². The van der Waals surface area contributed by atoms with E-state index in [9.17, 15) is 4.79 Å². The first kappa shape index (κ1) is 17.1. The molecule has 6 nitrogen and oxygen atoms in total. The van der Waals surface area contributed by atoms with Crippen LogP contribution in [0.15, 0.2) is 28.7 Å². The van der Waals surface area contributed by atoms with Crippen molar-refractivity contribution in [1.82, 2.24) is 15.5 Å². The molecule has 1 heterocycles. The van der Waals surface area contributed by atoms with E-state index in [4.69, 9.17) is 9.47 Å². The average Bonchev–Trinajstić information content (AvgIpc) is 2.54. The molecule has 0 radical (unpaired) electrons. The van der Waals surface area contributed by atoms with Gasteiger partial charge in [-0.05, 0) is 28.1 Å². The van der Waals surface area contributed by atoms with Crippen molar-refractivity contribution in [2.24, 2.45) is 0 Å². The molecule has 0 aliphatic carbocycles. The number of morpholine rings is 1. The van der Waals surface area contributed by atoms with Gasteiger partial charge < -0.3 is 20.1 Å². The predicted molar refractivity (Wildman–Crippen MR) is 88.3 cm³/mol. The fraction of sp³-hybridized carbons (Fsp3) is 0.533. The fourth-order valence-corrected chi connectivity index (χ4v) is 2.50. The fourth-order valence-electron chi connectivity index (χ4n) is 2.10. The molecule has 1 aliphatic heterocycles. The van der Waals surface area contributed by atoms with Gasteiger partial charge in [0.05, 0.1) is 24.2 Å². The molecule has 2 rings (SSSR count). The first-order chi connectivity index (χ1) is 10.8. The number of urea groups is 1. The maximum atomic E-state index is 11.6. The zero-order chi connectivity index (χ0) is 15.6. The number of halogens is 1. The highest BCUT2D eigenvalue weighted by atomic mass is 79.9. The van der Waals surface area contributed by atoms with Crippen molar-refractivity contribution in [3.05, 3.63) is 28.7 Å². The Kier molecular flexibility index (Phi) is 7.48. The molecule has 122 valence electrons. The minimum atomic E-state index is -0.163. The molecule has 0 unspecified atom stereocenters. The molecule has 1 aromatic rings. The van der Waals surface area contributed by atoms with Gasteiger partial charge in [0, 0.05) is 26.2 Å². The van der Waals surface area contributed by atoms with Crippen LogP contribution in [-0.2, 0) is 4.74 Å². The number of benzene rings is 1. The molecule has 0 saturated carbocycles. The van der Waals surface area contributed by atoms with Gasteiger partial charge in [0.15, 0.2) is 0 Å². The Bertz CT molecular complexity index is 467. The van der Waals surface area contributed by atoms with Crippen molar-refractivity contribution < 1.29 is 14.3 Å². The number of hydrogen-bond donors (Lipinski definition) is 2. The predicted octanol–water partition coefficient (Wildman–Crippen LogP) is 1.46. The maximum Gasteiger partial charge on any atom is 0.314 e. The Morgan fingerprint density at radius 1 is 1.23 bits per heavy atom. The van der Waals surface area contributed by atoms with Crippen LogP contribution in [0.25, 0.3) is 0 Å². The van der Waals surface area contributed by atoms with Crippen molar-refractivity contribution in [3.8, 4) is 5.75 Å². The van der Waals surface area contributed by atoms with Crippen LogP contribution in [0.5, 0.6) is 5.75 Å². The average molecular weight is 372 g/mol. The third kappa shape index (κ3) is 6.21. The molecule has 2 N–H and O–H groups in total. The van der Waals surface area contributed by atoms with E-state index >= 15 is 0 Å². The standard InChI is InChI=1S/C15H22BrN3O3/c16-13-3-1-2-4-14(13)22-10-6-18-15(20)17-5-7-19-8-11-21-12-9-19/h1-4H,5-12H2,(H2,17,18,20). The lowest BCUT2D eigenvalue weighted by molar-refractivity contribution is 0.0387. The highest BCUT2D eigenvalue weighted by Gasteiger charge is 2.09. The van der Waals surface area contributed by atoms with Crippen LogP contribution < -0.4 is 15.4 Å².